The Kier molecular flexibility index (Phi) is 2.86. The molecule has 6 nitrogen and oxygen atoms in total. The van der Waals surface area contributed by atoms with E-state index in [0.717, 1.165) is 0 Å². The maximum absolute atomic E-state index is 9.42. The topological polar surface area (TPSA) is 105 Å². The van der Waals surface area contributed by atoms with Crippen LogP contribution in [0.15, 0.2) is 12.3 Å². The molecule has 1 unspecified atom stereocenters. The molecule has 0 aromatic carbocycles. The lowest BCUT2D eigenvalue weighted by atomic mass is 10.1. The van der Waals surface area contributed by atoms with E-state index in [0.29, 0.717) is 16.7 Å². The van der Waals surface area contributed by atoms with Crippen molar-refractivity contribution in [3.63, 3.8) is 0 Å². The van der Waals surface area contributed by atoms with Gasteiger partial charge in [-0.25, -0.2) is 15.0 Å². The van der Waals surface area contributed by atoms with Gasteiger partial charge < -0.3 is 15.9 Å². The van der Waals surface area contributed by atoms with Crippen LogP contribution < -0.4 is 5.73 Å². The number of fused-ring (bicyclic) bond motifs is 1. The smallest absolute Gasteiger partial charge is 0.179 e. The summed E-state index contributed by atoms with van der Waals surface area (Å²) in [7, 11) is 0. The van der Waals surface area contributed by atoms with E-state index in [9.17, 15) is 5.11 Å². The Bertz CT molecular complexity index is 534. The number of anilines is 1. The summed E-state index contributed by atoms with van der Waals surface area (Å²) in [6.07, 6.45) is 0.417. The SMILES string of the molecule is Nc1nc2cc(C(O)CO)cnc2nc1Cl. The third-order valence-corrected chi connectivity index (χ3v) is 2.36. The average Bonchev–Trinajstić information content (AvgIpc) is 2.29. The standard InChI is InChI=1S/C9H9ClN4O2/c10-7-8(11)13-5-1-4(6(16)3-15)2-12-9(5)14-7/h1-2,6,15-16H,3H2,(H2,11,13). The van der Waals surface area contributed by atoms with Crippen molar-refractivity contribution in [3.05, 3.63) is 23.0 Å². The van der Waals surface area contributed by atoms with Crippen LogP contribution in [0.1, 0.15) is 11.7 Å². The highest BCUT2D eigenvalue weighted by Crippen LogP contribution is 2.20. The molecule has 2 rings (SSSR count). The van der Waals surface area contributed by atoms with Gasteiger partial charge in [0.15, 0.2) is 16.6 Å². The number of aromatic nitrogens is 3. The van der Waals surface area contributed by atoms with Gasteiger partial charge in [0.25, 0.3) is 0 Å². The molecule has 0 radical (unpaired) electrons. The van der Waals surface area contributed by atoms with E-state index < -0.39 is 6.10 Å². The summed E-state index contributed by atoms with van der Waals surface area (Å²) in [5.74, 6) is 0.103. The van der Waals surface area contributed by atoms with E-state index in [1.54, 1.807) is 6.07 Å². The summed E-state index contributed by atoms with van der Waals surface area (Å²) in [4.78, 5) is 11.9. The molecule has 2 heterocycles. The van der Waals surface area contributed by atoms with E-state index in [1.165, 1.54) is 6.20 Å². The lowest BCUT2D eigenvalue weighted by Crippen LogP contribution is -2.04. The van der Waals surface area contributed by atoms with Crippen LogP contribution in [0, 0.1) is 0 Å². The molecule has 0 aliphatic rings. The van der Waals surface area contributed by atoms with E-state index >= 15 is 0 Å². The molecule has 0 fully saturated rings. The van der Waals surface area contributed by atoms with Gasteiger partial charge in [-0.1, -0.05) is 11.6 Å². The Balaban J connectivity index is 2.57. The van der Waals surface area contributed by atoms with Gasteiger partial charge in [-0.2, -0.15) is 0 Å². The monoisotopic (exact) mass is 240 g/mol. The molecule has 0 aliphatic carbocycles. The largest absolute Gasteiger partial charge is 0.393 e. The number of hydrogen-bond donors (Lipinski definition) is 3. The second kappa shape index (κ2) is 4.17. The van der Waals surface area contributed by atoms with Crippen LogP contribution in [0.25, 0.3) is 11.2 Å². The highest BCUT2D eigenvalue weighted by Gasteiger charge is 2.10. The predicted molar refractivity (Wildman–Crippen MR) is 58.8 cm³/mol. The fourth-order valence-electron chi connectivity index (χ4n) is 1.24. The lowest BCUT2D eigenvalue weighted by Gasteiger charge is -2.07. The van der Waals surface area contributed by atoms with Crippen molar-refractivity contribution in [1.29, 1.82) is 0 Å². The van der Waals surface area contributed by atoms with Crippen molar-refractivity contribution in [3.8, 4) is 0 Å². The molecule has 1 atom stereocenters. The lowest BCUT2D eigenvalue weighted by molar-refractivity contribution is 0.0954. The second-order valence-electron chi connectivity index (χ2n) is 3.21. The van der Waals surface area contributed by atoms with Crippen LogP contribution in [0.4, 0.5) is 5.82 Å². The quantitative estimate of drug-likeness (QED) is 0.697. The molecule has 7 heteroatoms. The molecule has 2 aromatic rings. The number of rotatable bonds is 2. The zero-order valence-corrected chi connectivity index (χ0v) is 8.89. The summed E-state index contributed by atoms with van der Waals surface area (Å²) in [5.41, 5.74) is 6.71. The molecule has 0 aliphatic heterocycles. The first kappa shape index (κ1) is 11.0. The Morgan fingerprint density at radius 3 is 2.88 bits per heavy atom. The third kappa shape index (κ3) is 1.90. The first-order valence-corrected chi connectivity index (χ1v) is 4.87. The van der Waals surface area contributed by atoms with Gasteiger partial charge in [-0.15, -0.1) is 0 Å². The fraction of sp³-hybridized carbons (Fsp3) is 0.222. The molecule has 0 saturated carbocycles. The number of nitrogen functional groups attached to an aromatic ring is 1. The summed E-state index contributed by atoms with van der Waals surface area (Å²) < 4.78 is 0. The number of aliphatic hydroxyl groups excluding tert-OH is 2. The number of nitrogens with zero attached hydrogens (tertiary/aromatic N) is 3. The van der Waals surface area contributed by atoms with Gasteiger partial charge in [0.2, 0.25) is 0 Å². The van der Waals surface area contributed by atoms with Crippen LogP contribution in [0.2, 0.25) is 5.15 Å². The molecular weight excluding hydrogens is 232 g/mol. The highest BCUT2D eigenvalue weighted by molar-refractivity contribution is 6.31. The van der Waals surface area contributed by atoms with Gasteiger partial charge in [0.05, 0.1) is 6.61 Å². The normalized spacial score (nSPS) is 12.9. The van der Waals surface area contributed by atoms with Crippen LogP contribution in [0.3, 0.4) is 0 Å². The predicted octanol–water partition coefficient (Wildman–Crippen LogP) is 0.286. The molecule has 16 heavy (non-hydrogen) atoms. The minimum Gasteiger partial charge on any atom is -0.393 e. The van der Waals surface area contributed by atoms with Crippen LogP contribution >= 0.6 is 11.6 Å². The van der Waals surface area contributed by atoms with Crippen LogP contribution in [-0.2, 0) is 0 Å². The van der Waals surface area contributed by atoms with Gasteiger partial charge in [-0.3, -0.25) is 0 Å². The van der Waals surface area contributed by atoms with Gasteiger partial charge in [0, 0.05) is 11.8 Å². The molecule has 84 valence electrons. The molecule has 0 spiro atoms. The number of nitrogens with two attached hydrogens (primary N) is 1. The fourth-order valence-corrected chi connectivity index (χ4v) is 1.37. The van der Waals surface area contributed by atoms with Crippen molar-refractivity contribution in [1.82, 2.24) is 15.0 Å². The number of pyridine rings is 1. The summed E-state index contributed by atoms with van der Waals surface area (Å²) in [5, 5.41) is 18.3. The average molecular weight is 241 g/mol. The molecule has 0 amide bonds. The molecule has 2 aromatic heterocycles. The first-order valence-electron chi connectivity index (χ1n) is 4.49. The summed E-state index contributed by atoms with van der Waals surface area (Å²) >= 11 is 5.69. The summed E-state index contributed by atoms with van der Waals surface area (Å²) in [6.45, 7) is -0.385. The van der Waals surface area contributed by atoms with Crippen molar-refractivity contribution < 1.29 is 10.2 Å². The van der Waals surface area contributed by atoms with E-state index in [1.807, 2.05) is 0 Å². The number of aliphatic hydroxyl groups is 2. The van der Waals surface area contributed by atoms with E-state index in [4.69, 9.17) is 22.4 Å². The Hall–Kier alpha value is -1.50. The minimum absolute atomic E-state index is 0.0930. The van der Waals surface area contributed by atoms with Gasteiger partial charge >= 0.3 is 0 Å². The van der Waals surface area contributed by atoms with Gasteiger partial charge in [-0.05, 0) is 6.07 Å². The summed E-state index contributed by atoms with van der Waals surface area (Å²) in [6, 6.07) is 1.56. The maximum Gasteiger partial charge on any atom is 0.179 e. The molecule has 4 N–H and O–H groups in total. The van der Waals surface area contributed by atoms with Crippen LogP contribution in [-0.4, -0.2) is 31.8 Å². The number of halogens is 1. The second-order valence-corrected chi connectivity index (χ2v) is 3.57. The zero-order valence-electron chi connectivity index (χ0n) is 8.13. The molecule has 0 bridgehead atoms. The zero-order chi connectivity index (χ0) is 11.7. The van der Waals surface area contributed by atoms with Crippen molar-refractivity contribution in [2.24, 2.45) is 0 Å². The van der Waals surface area contributed by atoms with Crippen molar-refractivity contribution >= 4 is 28.6 Å². The van der Waals surface area contributed by atoms with Gasteiger partial charge in [0.1, 0.15) is 11.6 Å². The Morgan fingerprint density at radius 2 is 2.19 bits per heavy atom. The third-order valence-electron chi connectivity index (χ3n) is 2.08. The Labute approximate surface area is 95.7 Å². The maximum atomic E-state index is 9.42. The van der Waals surface area contributed by atoms with E-state index in [2.05, 4.69) is 15.0 Å². The minimum atomic E-state index is -0.990. The molecular formula is C9H9ClN4O2. The van der Waals surface area contributed by atoms with Crippen LogP contribution in [0.5, 0.6) is 0 Å². The first-order chi connectivity index (χ1) is 7.61. The van der Waals surface area contributed by atoms with E-state index in [-0.39, 0.29) is 17.6 Å². The van der Waals surface area contributed by atoms with Crippen molar-refractivity contribution in [2.75, 3.05) is 12.3 Å². The van der Waals surface area contributed by atoms with Crippen molar-refractivity contribution in [2.45, 2.75) is 6.10 Å². The Morgan fingerprint density at radius 1 is 1.44 bits per heavy atom. The highest BCUT2D eigenvalue weighted by atomic mass is 35.5. The molecule has 0 saturated heterocycles. The number of hydrogen-bond acceptors (Lipinski definition) is 6.